The maximum atomic E-state index is 11.7. The largest absolute Gasteiger partial charge is 0.481 e. The molecule has 6 heteroatoms. The molecule has 0 aliphatic carbocycles. The van der Waals surface area contributed by atoms with Crippen molar-refractivity contribution in [3.05, 3.63) is 28.7 Å². The third kappa shape index (κ3) is 2.76. The van der Waals surface area contributed by atoms with Crippen molar-refractivity contribution in [1.82, 2.24) is 4.90 Å². The van der Waals surface area contributed by atoms with Gasteiger partial charge in [-0.15, -0.1) is 0 Å². The van der Waals surface area contributed by atoms with Gasteiger partial charge in [0.1, 0.15) is 0 Å². The fraction of sp³-hybridized carbons (Fsp3) is 0.273. The summed E-state index contributed by atoms with van der Waals surface area (Å²) in [5.41, 5.74) is 0.683. The van der Waals surface area contributed by atoms with E-state index in [-0.39, 0.29) is 19.1 Å². The highest BCUT2D eigenvalue weighted by atomic mass is 79.9. The normalized spacial score (nSPS) is 15.2. The molecule has 0 radical (unpaired) electrons. The van der Waals surface area contributed by atoms with Gasteiger partial charge in [-0.05, 0) is 18.2 Å². The molecular weight excluding hydrogens is 288 g/mol. The van der Waals surface area contributed by atoms with Gasteiger partial charge >= 0.3 is 12.0 Å². The Morgan fingerprint density at radius 3 is 2.71 bits per heavy atom. The SMILES string of the molecule is O=C(O)C1CN(C(=O)Nc2cccc(Br)c2)C1. The number of likely N-dealkylation sites (tertiary alicyclic amines) is 1. The molecule has 0 atom stereocenters. The highest BCUT2D eigenvalue weighted by Gasteiger charge is 2.35. The van der Waals surface area contributed by atoms with Crippen LogP contribution in [0.1, 0.15) is 0 Å². The molecule has 2 N–H and O–H groups in total. The van der Waals surface area contributed by atoms with Crippen molar-refractivity contribution in [3.63, 3.8) is 0 Å². The Bertz CT molecular complexity index is 458. The number of hydrogen-bond acceptors (Lipinski definition) is 2. The van der Waals surface area contributed by atoms with E-state index >= 15 is 0 Å². The van der Waals surface area contributed by atoms with Gasteiger partial charge in [-0.3, -0.25) is 4.79 Å². The molecule has 0 saturated carbocycles. The van der Waals surface area contributed by atoms with Crippen molar-refractivity contribution in [2.75, 3.05) is 18.4 Å². The number of benzene rings is 1. The number of nitrogens with zero attached hydrogens (tertiary/aromatic N) is 1. The summed E-state index contributed by atoms with van der Waals surface area (Å²) in [6.45, 7) is 0.546. The molecule has 1 aliphatic heterocycles. The van der Waals surface area contributed by atoms with E-state index in [2.05, 4.69) is 21.2 Å². The first-order chi connectivity index (χ1) is 8.06. The van der Waals surface area contributed by atoms with Crippen LogP contribution in [-0.4, -0.2) is 35.1 Å². The standard InChI is InChI=1S/C11H11BrN2O3/c12-8-2-1-3-9(4-8)13-11(17)14-5-7(6-14)10(15)16/h1-4,7H,5-6H2,(H,13,17)(H,15,16). The smallest absolute Gasteiger partial charge is 0.321 e. The highest BCUT2D eigenvalue weighted by molar-refractivity contribution is 9.10. The number of nitrogens with one attached hydrogen (secondary N) is 1. The summed E-state index contributed by atoms with van der Waals surface area (Å²) in [6, 6.07) is 6.97. The monoisotopic (exact) mass is 298 g/mol. The third-order valence-corrected chi connectivity index (χ3v) is 3.09. The molecule has 1 aromatic carbocycles. The van der Waals surface area contributed by atoms with Gasteiger partial charge in [-0.1, -0.05) is 22.0 Å². The molecule has 5 nitrogen and oxygen atoms in total. The molecule has 1 heterocycles. The molecule has 17 heavy (non-hydrogen) atoms. The predicted molar refractivity (Wildman–Crippen MR) is 65.9 cm³/mol. The van der Waals surface area contributed by atoms with Gasteiger partial charge in [0, 0.05) is 23.2 Å². The van der Waals surface area contributed by atoms with E-state index in [1.807, 2.05) is 12.1 Å². The number of urea groups is 1. The van der Waals surface area contributed by atoms with Crippen molar-refractivity contribution in [2.24, 2.45) is 5.92 Å². The van der Waals surface area contributed by atoms with Crippen LogP contribution < -0.4 is 5.32 Å². The lowest BCUT2D eigenvalue weighted by Gasteiger charge is -2.36. The van der Waals surface area contributed by atoms with E-state index in [9.17, 15) is 9.59 Å². The first-order valence-electron chi connectivity index (χ1n) is 5.10. The lowest BCUT2D eigenvalue weighted by atomic mass is 10.0. The summed E-state index contributed by atoms with van der Waals surface area (Å²) >= 11 is 3.31. The van der Waals surface area contributed by atoms with E-state index in [0.29, 0.717) is 5.69 Å². The Balaban J connectivity index is 1.89. The van der Waals surface area contributed by atoms with Crippen molar-refractivity contribution >= 4 is 33.6 Å². The molecule has 1 fully saturated rings. The molecule has 1 aliphatic rings. The second-order valence-electron chi connectivity index (χ2n) is 3.88. The minimum Gasteiger partial charge on any atom is -0.481 e. The van der Waals surface area contributed by atoms with Crippen LogP contribution in [0.15, 0.2) is 28.7 Å². The Morgan fingerprint density at radius 1 is 1.41 bits per heavy atom. The number of rotatable bonds is 2. The third-order valence-electron chi connectivity index (χ3n) is 2.59. The fourth-order valence-corrected chi connectivity index (χ4v) is 1.97. The Hall–Kier alpha value is -1.56. The second kappa shape index (κ2) is 4.75. The van der Waals surface area contributed by atoms with Gasteiger partial charge in [0.25, 0.3) is 0 Å². The number of carboxylic acid groups (broad SMARTS) is 1. The average Bonchev–Trinajstić information content (AvgIpc) is 2.13. The first kappa shape index (κ1) is 11.9. The van der Waals surface area contributed by atoms with Crippen LogP contribution >= 0.6 is 15.9 Å². The van der Waals surface area contributed by atoms with Crippen molar-refractivity contribution in [2.45, 2.75) is 0 Å². The van der Waals surface area contributed by atoms with E-state index in [4.69, 9.17) is 5.11 Å². The Morgan fingerprint density at radius 2 is 2.12 bits per heavy atom. The molecule has 2 amide bonds. The summed E-state index contributed by atoms with van der Waals surface area (Å²) in [6.07, 6.45) is 0. The van der Waals surface area contributed by atoms with Gasteiger partial charge in [0.15, 0.2) is 0 Å². The second-order valence-corrected chi connectivity index (χ2v) is 4.80. The van der Waals surface area contributed by atoms with E-state index in [1.165, 1.54) is 4.90 Å². The summed E-state index contributed by atoms with van der Waals surface area (Å²) < 4.78 is 0.877. The highest BCUT2D eigenvalue weighted by Crippen LogP contribution is 2.19. The summed E-state index contributed by atoms with van der Waals surface area (Å²) in [5.74, 6) is -1.28. The number of anilines is 1. The van der Waals surface area contributed by atoms with Crippen molar-refractivity contribution in [1.29, 1.82) is 0 Å². The van der Waals surface area contributed by atoms with Crippen LogP contribution in [0.25, 0.3) is 0 Å². The van der Waals surface area contributed by atoms with Crippen LogP contribution in [0.2, 0.25) is 0 Å². The number of halogens is 1. The number of amides is 2. The number of aliphatic carboxylic acids is 1. The Labute approximate surface area is 107 Å². The van der Waals surface area contributed by atoms with Crippen LogP contribution in [0.3, 0.4) is 0 Å². The van der Waals surface area contributed by atoms with E-state index < -0.39 is 11.9 Å². The first-order valence-corrected chi connectivity index (χ1v) is 5.90. The molecular formula is C11H11BrN2O3. The number of carbonyl (C=O) groups excluding carboxylic acids is 1. The van der Waals surface area contributed by atoms with Crippen LogP contribution in [0, 0.1) is 5.92 Å². The zero-order chi connectivity index (χ0) is 12.4. The van der Waals surface area contributed by atoms with E-state index in [1.54, 1.807) is 12.1 Å². The lowest BCUT2D eigenvalue weighted by molar-refractivity contribution is -0.145. The van der Waals surface area contributed by atoms with Gasteiger partial charge in [0.2, 0.25) is 0 Å². The number of carbonyl (C=O) groups is 2. The molecule has 90 valence electrons. The molecule has 0 spiro atoms. The van der Waals surface area contributed by atoms with Crippen molar-refractivity contribution in [3.8, 4) is 0 Å². The molecule has 2 rings (SSSR count). The maximum absolute atomic E-state index is 11.7. The fourth-order valence-electron chi connectivity index (χ4n) is 1.57. The molecule has 0 bridgehead atoms. The minimum absolute atomic E-state index is 0.263. The zero-order valence-corrected chi connectivity index (χ0v) is 10.5. The van der Waals surface area contributed by atoms with Crippen molar-refractivity contribution < 1.29 is 14.7 Å². The van der Waals surface area contributed by atoms with E-state index in [0.717, 1.165) is 4.47 Å². The van der Waals surface area contributed by atoms with Gasteiger partial charge < -0.3 is 15.3 Å². The van der Waals surface area contributed by atoms with Crippen LogP contribution in [0.4, 0.5) is 10.5 Å². The summed E-state index contributed by atoms with van der Waals surface area (Å²) in [7, 11) is 0. The predicted octanol–water partition coefficient (Wildman–Crippen LogP) is 2.00. The Kier molecular flexibility index (Phi) is 3.33. The number of carboxylic acids is 1. The molecule has 1 aromatic rings. The molecule has 0 unspecified atom stereocenters. The topological polar surface area (TPSA) is 69.6 Å². The lowest BCUT2D eigenvalue weighted by Crippen LogP contribution is -2.54. The summed E-state index contributed by atoms with van der Waals surface area (Å²) in [5, 5.41) is 11.4. The van der Waals surface area contributed by atoms with Gasteiger partial charge in [-0.25, -0.2) is 4.79 Å². The average molecular weight is 299 g/mol. The summed E-state index contributed by atoms with van der Waals surface area (Å²) in [4.78, 5) is 23.7. The quantitative estimate of drug-likeness (QED) is 0.877. The van der Waals surface area contributed by atoms with Crippen LogP contribution in [0.5, 0.6) is 0 Å². The van der Waals surface area contributed by atoms with Gasteiger partial charge in [-0.2, -0.15) is 0 Å². The maximum Gasteiger partial charge on any atom is 0.321 e. The number of hydrogen-bond donors (Lipinski definition) is 2. The molecule has 0 aromatic heterocycles. The molecule has 1 saturated heterocycles. The van der Waals surface area contributed by atoms with Gasteiger partial charge in [0.05, 0.1) is 5.92 Å². The zero-order valence-electron chi connectivity index (χ0n) is 8.89. The minimum atomic E-state index is -0.850. The van der Waals surface area contributed by atoms with Crippen LogP contribution in [-0.2, 0) is 4.79 Å².